The molecule has 0 aromatic carbocycles. The van der Waals surface area contributed by atoms with Gasteiger partial charge in [0, 0.05) is 18.8 Å². The lowest BCUT2D eigenvalue weighted by atomic mass is 9.94. The molecule has 4 heteroatoms. The zero-order chi connectivity index (χ0) is 13.9. The van der Waals surface area contributed by atoms with Crippen LogP contribution < -0.4 is 4.90 Å². The topological polar surface area (TPSA) is 40.8 Å². The standard InChI is InChI=1S/C16H23N3O/c1-2-18(13-8-4-3-5-9-13)16-14(12-20)19-11-7-6-10-15(19)17-16/h6-7,10-11,13,20H,2-5,8-9,12H2,1H3. The number of fused-ring (bicyclic) bond motifs is 1. The summed E-state index contributed by atoms with van der Waals surface area (Å²) < 4.78 is 2.00. The molecule has 0 bridgehead atoms. The molecule has 0 radical (unpaired) electrons. The molecule has 0 unspecified atom stereocenters. The minimum Gasteiger partial charge on any atom is -0.390 e. The summed E-state index contributed by atoms with van der Waals surface area (Å²) >= 11 is 0. The van der Waals surface area contributed by atoms with E-state index < -0.39 is 0 Å². The van der Waals surface area contributed by atoms with E-state index in [-0.39, 0.29) is 6.61 Å². The summed E-state index contributed by atoms with van der Waals surface area (Å²) in [6.07, 6.45) is 8.43. The molecule has 0 amide bonds. The van der Waals surface area contributed by atoms with E-state index in [4.69, 9.17) is 4.98 Å². The second kappa shape index (κ2) is 5.83. The zero-order valence-electron chi connectivity index (χ0n) is 12.1. The number of hydrogen-bond acceptors (Lipinski definition) is 3. The van der Waals surface area contributed by atoms with Crippen LogP contribution in [0.3, 0.4) is 0 Å². The lowest BCUT2D eigenvalue weighted by molar-refractivity contribution is 0.275. The lowest BCUT2D eigenvalue weighted by Crippen LogP contribution is -2.37. The Balaban J connectivity index is 2.01. The summed E-state index contributed by atoms with van der Waals surface area (Å²) in [5, 5.41) is 9.76. The van der Waals surface area contributed by atoms with E-state index in [9.17, 15) is 5.11 Å². The van der Waals surface area contributed by atoms with E-state index >= 15 is 0 Å². The molecular weight excluding hydrogens is 250 g/mol. The largest absolute Gasteiger partial charge is 0.390 e. The first-order valence-electron chi connectivity index (χ1n) is 7.68. The predicted octanol–water partition coefficient (Wildman–Crippen LogP) is 2.99. The van der Waals surface area contributed by atoms with Crippen molar-refractivity contribution in [1.29, 1.82) is 0 Å². The van der Waals surface area contributed by atoms with Crippen molar-refractivity contribution in [1.82, 2.24) is 9.38 Å². The average molecular weight is 273 g/mol. The monoisotopic (exact) mass is 273 g/mol. The Morgan fingerprint density at radius 2 is 2.10 bits per heavy atom. The van der Waals surface area contributed by atoms with Crippen LogP contribution in [0, 0.1) is 0 Å². The lowest BCUT2D eigenvalue weighted by Gasteiger charge is -2.34. The molecule has 2 heterocycles. The van der Waals surface area contributed by atoms with Crippen LogP contribution in [0.25, 0.3) is 5.65 Å². The van der Waals surface area contributed by atoms with Gasteiger partial charge in [0.2, 0.25) is 0 Å². The number of hydrogen-bond donors (Lipinski definition) is 1. The van der Waals surface area contributed by atoms with E-state index in [1.807, 2.05) is 28.8 Å². The van der Waals surface area contributed by atoms with Crippen LogP contribution in [-0.2, 0) is 6.61 Å². The number of imidazole rings is 1. The molecule has 1 aliphatic rings. The van der Waals surface area contributed by atoms with Crippen molar-refractivity contribution in [2.24, 2.45) is 0 Å². The minimum absolute atomic E-state index is 0.0315. The first kappa shape index (κ1) is 13.4. The molecule has 2 aromatic heterocycles. The normalized spacial score (nSPS) is 16.7. The van der Waals surface area contributed by atoms with E-state index in [0.717, 1.165) is 23.7 Å². The molecule has 0 aliphatic heterocycles. The Morgan fingerprint density at radius 1 is 1.30 bits per heavy atom. The van der Waals surface area contributed by atoms with Crippen LogP contribution in [0.15, 0.2) is 24.4 Å². The molecule has 20 heavy (non-hydrogen) atoms. The number of rotatable bonds is 4. The van der Waals surface area contributed by atoms with Gasteiger partial charge >= 0.3 is 0 Å². The fourth-order valence-corrected chi connectivity index (χ4v) is 3.38. The maximum Gasteiger partial charge on any atom is 0.153 e. The maximum absolute atomic E-state index is 9.76. The van der Waals surface area contributed by atoms with Gasteiger partial charge in [0.05, 0.1) is 12.3 Å². The van der Waals surface area contributed by atoms with Gasteiger partial charge in [-0.3, -0.25) is 4.40 Å². The molecule has 1 saturated carbocycles. The van der Waals surface area contributed by atoms with Gasteiger partial charge in [-0.1, -0.05) is 25.3 Å². The van der Waals surface area contributed by atoms with Crippen molar-refractivity contribution in [2.45, 2.75) is 51.7 Å². The summed E-state index contributed by atoms with van der Waals surface area (Å²) in [4.78, 5) is 7.15. The van der Waals surface area contributed by atoms with E-state index in [2.05, 4.69) is 11.8 Å². The number of anilines is 1. The highest BCUT2D eigenvalue weighted by Gasteiger charge is 2.24. The SMILES string of the molecule is CCN(c1nc2ccccn2c1CO)C1CCCCC1. The first-order chi connectivity index (χ1) is 9.85. The molecule has 0 saturated heterocycles. The Labute approximate surface area is 120 Å². The second-order valence-electron chi connectivity index (χ2n) is 5.55. The highest BCUT2D eigenvalue weighted by Crippen LogP contribution is 2.29. The summed E-state index contributed by atoms with van der Waals surface area (Å²) in [6, 6.07) is 6.54. The van der Waals surface area contributed by atoms with Gasteiger partial charge in [-0.15, -0.1) is 0 Å². The molecule has 108 valence electrons. The van der Waals surface area contributed by atoms with E-state index in [0.29, 0.717) is 6.04 Å². The number of aliphatic hydroxyl groups is 1. The van der Waals surface area contributed by atoms with Crippen LogP contribution >= 0.6 is 0 Å². The van der Waals surface area contributed by atoms with Gasteiger partial charge in [-0.05, 0) is 31.9 Å². The number of pyridine rings is 1. The highest BCUT2D eigenvalue weighted by atomic mass is 16.3. The van der Waals surface area contributed by atoms with Crippen molar-refractivity contribution >= 4 is 11.5 Å². The Kier molecular flexibility index (Phi) is 3.92. The fourth-order valence-electron chi connectivity index (χ4n) is 3.38. The third-order valence-electron chi connectivity index (χ3n) is 4.39. The molecule has 2 aromatic rings. The molecule has 3 rings (SSSR count). The minimum atomic E-state index is 0.0315. The van der Waals surface area contributed by atoms with Gasteiger partial charge in [0.25, 0.3) is 0 Å². The predicted molar refractivity (Wildman–Crippen MR) is 81.0 cm³/mol. The third kappa shape index (κ3) is 2.29. The van der Waals surface area contributed by atoms with Crippen LogP contribution in [0.4, 0.5) is 5.82 Å². The van der Waals surface area contributed by atoms with Crippen molar-refractivity contribution < 1.29 is 5.11 Å². The van der Waals surface area contributed by atoms with Crippen molar-refractivity contribution in [2.75, 3.05) is 11.4 Å². The van der Waals surface area contributed by atoms with Gasteiger partial charge < -0.3 is 10.0 Å². The van der Waals surface area contributed by atoms with Crippen LogP contribution in [-0.4, -0.2) is 27.1 Å². The Bertz CT molecular complexity index is 572. The Hall–Kier alpha value is -1.55. The van der Waals surface area contributed by atoms with Crippen LogP contribution in [0.2, 0.25) is 0 Å². The summed E-state index contributed by atoms with van der Waals surface area (Å²) in [6.45, 7) is 3.16. The van der Waals surface area contributed by atoms with Gasteiger partial charge in [0.1, 0.15) is 5.65 Å². The quantitative estimate of drug-likeness (QED) is 0.931. The number of nitrogens with zero attached hydrogens (tertiary/aromatic N) is 3. The van der Waals surface area contributed by atoms with Crippen LogP contribution in [0.1, 0.15) is 44.7 Å². The zero-order valence-corrected chi connectivity index (χ0v) is 12.1. The first-order valence-corrected chi connectivity index (χ1v) is 7.68. The van der Waals surface area contributed by atoms with E-state index in [1.54, 1.807) is 0 Å². The van der Waals surface area contributed by atoms with Gasteiger partial charge in [-0.2, -0.15) is 0 Å². The molecule has 0 spiro atoms. The summed E-state index contributed by atoms with van der Waals surface area (Å²) in [7, 11) is 0. The van der Waals surface area contributed by atoms with Crippen molar-refractivity contribution in [3.8, 4) is 0 Å². The van der Waals surface area contributed by atoms with E-state index in [1.165, 1.54) is 32.1 Å². The molecular formula is C16H23N3O. The van der Waals surface area contributed by atoms with Gasteiger partial charge in [0.15, 0.2) is 5.82 Å². The maximum atomic E-state index is 9.76. The average Bonchev–Trinajstić information content (AvgIpc) is 2.87. The second-order valence-corrected chi connectivity index (χ2v) is 5.55. The van der Waals surface area contributed by atoms with Gasteiger partial charge in [-0.25, -0.2) is 4.98 Å². The van der Waals surface area contributed by atoms with Crippen molar-refractivity contribution in [3.05, 3.63) is 30.1 Å². The summed E-state index contributed by atoms with van der Waals surface area (Å²) in [5.74, 6) is 0.966. The molecule has 4 nitrogen and oxygen atoms in total. The molecule has 1 fully saturated rings. The highest BCUT2D eigenvalue weighted by molar-refractivity contribution is 5.56. The molecule has 0 atom stereocenters. The fraction of sp³-hybridized carbons (Fsp3) is 0.562. The summed E-state index contributed by atoms with van der Waals surface area (Å²) in [5.41, 5.74) is 1.83. The van der Waals surface area contributed by atoms with Crippen molar-refractivity contribution in [3.63, 3.8) is 0 Å². The van der Waals surface area contributed by atoms with Crippen LogP contribution in [0.5, 0.6) is 0 Å². The molecule has 1 aliphatic carbocycles. The molecule has 1 N–H and O–H groups in total. The Morgan fingerprint density at radius 3 is 2.80 bits per heavy atom. The number of aromatic nitrogens is 2. The third-order valence-corrected chi connectivity index (χ3v) is 4.39. The smallest absolute Gasteiger partial charge is 0.153 e. The number of aliphatic hydroxyl groups excluding tert-OH is 1.